The lowest BCUT2D eigenvalue weighted by Gasteiger charge is -2.02. The summed E-state index contributed by atoms with van der Waals surface area (Å²) in [7, 11) is 0. The third kappa shape index (κ3) is 4.35. The van der Waals surface area contributed by atoms with Crippen molar-refractivity contribution in [2.24, 2.45) is 4.99 Å². The summed E-state index contributed by atoms with van der Waals surface area (Å²) in [6.45, 7) is 1.07. The van der Waals surface area contributed by atoms with Gasteiger partial charge in [0.1, 0.15) is 0 Å². The van der Waals surface area contributed by atoms with Crippen LogP contribution in [0.4, 0.5) is 0 Å². The number of hydrogen-bond donors (Lipinski definition) is 1. The van der Waals surface area contributed by atoms with Gasteiger partial charge in [-0.3, -0.25) is 14.8 Å². The Labute approximate surface area is 112 Å². The quantitative estimate of drug-likeness (QED) is 0.654. The molecule has 1 aromatic heterocycles. The van der Waals surface area contributed by atoms with Gasteiger partial charge in [0, 0.05) is 36.3 Å². The first-order valence-corrected chi connectivity index (χ1v) is 6.09. The summed E-state index contributed by atoms with van der Waals surface area (Å²) >= 11 is 0. The molecule has 1 amide bonds. The second kappa shape index (κ2) is 7.06. The first kappa shape index (κ1) is 13.0. The highest BCUT2D eigenvalue weighted by atomic mass is 16.1. The second-order valence-electron chi connectivity index (χ2n) is 3.94. The van der Waals surface area contributed by atoms with Gasteiger partial charge in [-0.05, 0) is 18.2 Å². The van der Waals surface area contributed by atoms with Crippen molar-refractivity contribution in [2.45, 2.75) is 0 Å². The predicted molar refractivity (Wildman–Crippen MR) is 75.5 cm³/mol. The number of benzene rings is 1. The van der Waals surface area contributed by atoms with Crippen LogP contribution in [0.25, 0.3) is 0 Å². The fourth-order valence-corrected chi connectivity index (χ4v) is 1.55. The van der Waals surface area contributed by atoms with Gasteiger partial charge in [0.25, 0.3) is 5.91 Å². The lowest BCUT2D eigenvalue weighted by molar-refractivity contribution is 0.0955. The van der Waals surface area contributed by atoms with Crippen molar-refractivity contribution in [2.75, 3.05) is 13.1 Å². The van der Waals surface area contributed by atoms with Crippen LogP contribution in [0.2, 0.25) is 0 Å². The number of nitrogens with one attached hydrogen (secondary N) is 1. The molecule has 0 saturated carbocycles. The molecule has 19 heavy (non-hydrogen) atoms. The summed E-state index contributed by atoms with van der Waals surface area (Å²) in [5, 5.41) is 2.82. The molecule has 0 aliphatic rings. The third-order valence-corrected chi connectivity index (χ3v) is 2.49. The fraction of sp³-hybridized carbons (Fsp3) is 0.133. The molecule has 2 aromatic rings. The monoisotopic (exact) mass is 253 g/mol. The number of hydrogen-bond acceptors (Lipinski definition) is 3. The van der Waals surface area contributed by atoms with Crippen molar-refractivity contribution in [1.29, 1.82) is 0 Å². The van der Waals surface area contributed by atoms with Crippen LogP contribution in [0.15, 0.2) is 59.9 Å². The standard InChI is InChI=1S/C15H15N3O/c19-15(14-6-2-1-3-7-14)18-10-9-17-12-13-5-4-8-16-11-13/h1-8,11-12H,9-10H2,(H,18,19). The molecule has 4 heteroatoms. The zero-order chi connectivity index (χ0) is 13.3. The summed E-state index contributed by atoms with van der Waals surface area (Å²) in [5.74, 6) is -0.0721. The van der Waals surface area contributed by atoms with E-state index < -0.39 is 0 Å². The van der Waals surface area contributed by atoms with Crippen LogP contribution in [0, 0.1) is 0 Å². The highest BCUT2D eigenvalue weighted by Gasteiger charge is 2.01. The Kier molecular flexibility index (Phi) is 4.81. The minimum absolute atomic E-state index is 0.0721. The molecule has 0 radical (unpaired) electrons. The zero-order valence-corrected chi connectivity index (χ0v) is 10.5. The number of carbonyl (C=O) groups excluding carboxylic acids is 1. The largest absolute Gasteiger partial charge is 0.350 e. The predicted octanol–water partition coefficient (Wildman–Crippen LogP) is 1.93. The van der Waals surface area contributed by atoms with Crippen molar-refractivity contribution >= 4 is 12.1 Å². The topological polar surface area (TPSA) is 54.4 Å². The summed E-state index contributed by atoms with van der Waals surface area (Å²) in [6, 6.07) is 12.9. The molecule has 1 heterocycles. The average Bonchev–Trinajstić information content (AvgIpc) is 2.49. The number of aliphatic imine (C=N–C) groups is 1. The van der Waals surface area contributed by atoms with Crippen molar-refractivity contribution in [3.05, 3.63) is 66.0 Å². The molecule has 0 aliphatic heterocycles. The fourth-order valence-electron chi connectivity index (χ4n) is 1.55. The normalized spacial score (nSPS) is 10.5. The van der Waals surface area contributed by atoms with Crippen LogP contribution in [-0.2, 0) is 0 Å². The van der Waals surface area contributed by atoms with Gasteiger partial charge in [-0.1, -0.05) is 24.3 Å². The van der Waals surface area contributed by atoms with E-state index in [1.807, 2.05) is 30.3 Å². The summed E-state index contributed by atoms with van der Waals surface area (Å²) < 4.78 is 0. The molecule has 2 rings (SSSR count). The van der Waals surface area contributed by atoms with Gasteiger partial charge in [0.2, 0.25) is 0 Å². The van der Waals surface area contributed by atoms with E-state index in [-0.39, 0.29) is 5.91 Å². The first-order valence-electron chi connectivity index (χ1n) is 6.09. The summed E-state index contributed by atoms with van der Waals surface area (Å²) in [4.78, 5) is 19.9. The number of nitrogens with zero attached hydrogens (tertiary/aromatic N) is 2. The molecule has 0 aliphatic carbocycles. The van der Waals surface area contributed by atoms with Crippen LogP contribution in [0.3, 0.4) is 0 Å². The molecular formula is C15H15N3O. The SMILES string of the molecule is O=C(NCCN=Cc1cccnc1)c1ccccc1. The summed E-state index contributed by atoms with van der Waals surface area (Å²) in [6.07, 6.45) is 5.21. The van der Waals surface area contributed by atoms with Gasteiger partial charge in [-0.2, -0.15) is 0 Å². The van der Waals surface area contributed by atoms with E-state index >= 15 is 0 Å². The number of pyridine rings is 1. The van der Waals surface area contributed by atoms with Gasteiger partial charge in [-0.25, -0.2) is 0 Å². The lowest BCUT2D eigenvalue weighted by atomic mass is 10.2. The van der Waals surface area contributed by atoms with Crippen molar-refractivity contribution < 1.29 is 4.79 Å². The van der Waals surface area contributed by atoms with E-state index in [0.29, 0.717) is 18.7 Å². The van der Waals surface area contributed by atoms with Crippen molar-refractivity contribution in [1.82, 2.24) is 10.3 Å². The number of rotatable bonds is 5. The molecule has 0 fully saturated rings. The van der Waals surface area contributed by atoms with Gasteiger partial charge >= 0.3 is 0 Å². The molecule has 0 bridgehead atoms. The van der Waals surface area contributed by atoms with E-state index in [9.17, 15) is 4.79 Å². The Morgan fingerprint density at radius 1 is 1.21 bits per heavy atom. The van der Waals surface area contributed by atoms with E-state index in [2.05, 4.69) is 15.3 Å². The smallest absolute Gasteiger partial charge is 0.251 e. The van der Waals surface area contributed by atoms with Gasteiger partial charge in [0.05, 0.1) is 6.54 Å². The molecule has 4 nitrogen and oxygen atoms in total. The minimum atomic E-state index is -0.0721. The maximum atomic E-state index is 11.7. The average molecular weight is 253 g/mol. The van der Waals surface area contributed by atoms with Crippen molar-refractivity contribution in [3.63, 3.8) is 0 Å². The number of amides is 1. The van der Waals surface area contributed by atoms with E-state index in [0.717, 1.165) is 5.56 Å². The first-order chi connectivity index (χ1) is 9.36. The maximum Gasteiger partial charge on any atom is 0.251 e. The molecule has 0 unspecified atom stereocenters. The number of aromatic nitrogens is 1. The van der Waals surface area contributed by atoms with E-state index in [4.69, 9.17) is 0 Å². The molecule has 0 atom stereocenters. The van der Waals surface area contributed by atoms with Gasteiger partial charge in [0.15, 0.2) is 0 Å². The highest BCUT2D eigenvalue weighted by Crippen LogP contribution is 1.97. The third-order valence-electron chi connectivity index (χ3n) is 2.49. The summed E-state index contributed by atoms with van der Waals surface area (Å²) in [5.41, 5.74) is 1.62. The Hall–Kier alpha value is -2.49. The Bertz CT molecular complexity index is 538. The van der Waals surface area contributed by atoms with Crippen LogP contribution in [-0.4, -0.2) is 30.2 Å². The van der Waals surface area contributed by atoms with E-state index in [1.165, 1.54) is 0 Å². The molecule has 1 aromatic carbocycles. The molecule has 1 N–H and O–H groups in total. The highest BCUT2D eigenvalue weighted by molar-refractivity contribution is 5.94. The molecule has 96 valence electrons. The maximum absolute atomic E-state index is 11.7. The molecule has 0 spiro atoms. The van der Waals surface area contributed by atoms with Crippen LogP contribution in [0.5, 0.6) is 0 Å². The Morgan fingerprint density at radius 3 is 2.79 bits per heavy atom. The van der Waals surface area contributed by atoms with Crippen molar-refractivity contribution in [3.8, 4) is 0 Å². The molecule has 0 saturated heterocycles. The number of carbonyl (C=O) groups is 1. The second-order valence-corrected chi connectivity index (χ2v) is 3.94. The van der Waals surface area contributed by atoms with Crippen LogP contribution in [0.1, 0.15) is 15.9 Å². The van der Waals surface area contributed by atoms with E-state index in [1.54, 1.807) is 30.7 Å². The molecular weight excluding hydrogens is 238 g/mol. The Morgan fingerprint density at radius 2 is 2.05 bits per heavy atom. The van der Waals surface area contributed by atoms with Crippen LogP contribution < -0.4 is 5.32 Å². The lowest BCUT2D eigenvalue weighted by Crippen LogP contribution is -2.25. The van der Waals surface area contributed by atoms with Crippen LogP contribution >= 0.6 is 0 Å². The zero-order valence-electron chi connectivity index (χ0n) is 10.5. The van der Waals surface area contributed by atoms with Gasteiger partial charge < -0.3 is 5.32 Å². The van der Waals surface area contributed by atoms with Gasteiger partial charge in [-0.15, -0.1) is 0 Å². The Balaban J connectivity index is 1.73. The minimum Gasteiger partial charge on any atom is -0.350 e.